The van der Waals surface area contributed by atoms with E-state index in [4.69, 9.17) is 9.94 Å². The second-order valence-electron chi connectivity index (χ2n) is 4.17. The van der Waals surface area contributed by atoms with E-state index >= 15 is 0 Å². The predicted molar refractivity (Wildman–Crippen MR) is 72.9 cm³/mol. The molecule has 0 aliphatic carbocycles. The van der Waals surface area contributed by atoms with Crippen molar-refractivity contribution in [2.45, 2.75) is 13.5 Å². The van der Waals surface area contributed by atoms with Crippen LogP contribution in [0.3, 0.4) is 0 Å². The molecule has 2 aromatic carbocycles. The molecule has 0 bridgehead atoms. The van der Waals surface area contributed by atoms with Crippen molar-refractivity contribution in [3.05, 3.63) is 59.7 Å². The van der Waals surface area contributed by atoms with Crippen LogP contribution in [0.2, 0.25) is 0 Å². The molecule has 4 nitrogen and oxygen atoms in total. The molecule has 0 radical (unpaired) electrons. The van der Waals surface area contributed by atoms with Crippen molar-refractivity contribution in [2.24, 2.45) is 5.16 Å². The first-order valence-electron chi connectivity index (χ1n) is 5.89. The standard InChI is InChI=1S/C15H15NO3/c1-11(16-18)13-5-7-15(8-6-13)19-10-12-3-2-4-14(17)9-12/h2-9,17-18H,10H2,1H3. The normalized spacial score (nSPS) is 11.3. The quantitative estimate of drug-likeness (QED) is 0.502. The molecule has 2 rings (SSSR count). The SMILES string of the molecule is CC(=NO)c1ccc(OCc2cccc(O)c2)cc1. The van der Waals surface area contributed by atoms with E-state index in [1.807, 2.05) is 30.3 Å². The highest BCUT2D eigenvalue weighted by Gasteiger charge is 2.00. The van der Waals surface area contributed by atoms with Crippen molar-refractivity contribution in [1.29, 1.82) is 0 Å². The third-order valence-electron chi connectivity index (χ3n) is 2.74. The molecule has 0 aromatic heterocycles. The lowest BCUT2D eigenvalue weighted by molar-refractivity contribution is 0.305. The third kappa shape index (κ3) is 3.48. The van der Waals surface area contributed by atoms with Gasteiger partial charge in [0.25, 0.3) is 0 Å². The second-order valence-corrected chi connectivity index (χ2v) is 4.17. The number of rotatable bonds is 4. The van der Waals surface area contributed by atoms with Gasteiger partial charge in [0.2, 0.25) is 0 Å². The number of nitrogens with zero attached hydrogens (tertiary/aromatic N) is 1. The van der Waals surface area contributed by atoms with Gasteiger partial charge in [-0.1, -0.05) is 17.3 Å². The summed E-state index contributed by atoms with van der Waals surface area (Å²) >= 11 is 0. The van der Waals surface area contributed by atoms with E-state index < -0.39 is 0 Å². The summed E-state index contributed by atoms with van der Waals surface area (Å²) < 4.78 is 5.60. The number of aromatic hydroxyl groups is 1. The molecule has 0 saturated carbocycles. The molecule has 2 N–H and O–H groups in total. The van der Waals surface area contributed by atoms with Crippen molar-refractivity contribution >= 4 is 5.71 Å². The summed E-state index contributed by atoms with van der Waals surface area (Å²) in [6.07, 6.45) is 0. The molecule has 98 valence electrons. The van der Waals surface area contributed by atoms with E-state index in [9.17, 15) is 5.11 Å². The summed E-state index contributed by atoms with van der Waals surface area (Å²) in [6, 6.07) is 14.2. The fourth-order valence-corrected chi connectivity index (χ4v) is 1.66. The van der Waals surface area contributed by atoms with Crippen molar-refractivity contribution in [3.8, 4) is 11.5 Å². The Labute approximate surface area is 111 Å². The molecule has 4 heteroatoms. The van der Waals surface area contributed by atoms with Crippen LogP contribution in [0.15, 0.2) is 53.7 Å². The molecule has 0 fully saturated rings. The average molecular weight is 257 g/mol. The zero-order chi connectivity index (χ0) is 13.7. The number of benzene rings is 2. The van der Waals surface area contributed by atoms with Crippen LogP contribution in [0, 0.1) is 0 Å². The van der Waals surface area contributed by atoms with Gasteiger partial charge in [0, 0.05) is 0 Å². The number of hydrogen-bond acceptors (Lipinski definition) is 4. The molecule has 0 amide bonds. The lowest BCUT2D eigenvalue weighted by Crippen LogP contribution is -1.97. The summed E-state index contributed by atoms with van der Waals surface area (Å²) in [7, 11) is 0. The number of phenolic OH excluding ortho intramolecular Hbond substituents is 1. The van der Waals surface area contributed by atoms with Gasteiger partial charge in [-0.2, -0.15) is 0 Å². The lowest BCUT2D eigenvalue weighted by Gasteiger charge is -2.07. The van der Waals surface area contributed by atoms with Crippen LogP contribution in [-0.4, -0.2) is 16.0 Å². The number of hydrogen-bond donors (Lipinski definition) is 2. The molecule has 2 aromatic rings. The smallest absolute Gasteiger partial charge is 0.119 e. The highest BCUT2D eigenvalue weighted by molar-refractivity contribution is 5.98. The van der Waals surface area contributed by atoms with E-state index in [1.165, 1.54) is 0 Å². The topological polar surface area (TPSA) is 62.1 Å². The summed E-state index contributed by atoms with van der Waals surface area (Å²) in [5.41, 5.74) is 2.30. The summed E-state index contributed by atoms with van der Waals surface area (Å²) in [5, 5.41) is 21.2. The van der Waals surface area contributed by atoms with E-state index in [0.29, 0.717) is 12.3 Å². The van der Waals surface area contributed by atoms with E-state index in [0.717, 1.165) is 16.9 Å². The lowest BCUT2D eigenvalue weighted by atomic mass is 10.1. The van der Waals surface area contributed by atoms with E-state index in [-0.39, 0.29) is 5.75 Å². The zero-order valence-electron chi connectivity index (χ0n) is 10.6. The summed E-state index contributed by atoms with van der Waals surface area (Å²) in [6.45, 7) is 2.11. The molecule has 0 aliphatic heterocycles. The second kappa shape index (κ2) is 5.91. The van der Waals surface area contributed by atoms with Crippen molar-refractivity contribution in [3.63, 3.8) is 0 Å². The molecule has 0 saturated heterocycles. The van der Waals surface area contributed by atoms with Gasteiger partial charge in [-0.05, 0) is 54.4 Å². The van der Waals surface area contributed by atoms with Gasteiger partial charge in [-0.15, -0.1) is 0 Å². The highest BCUT2D eigenvalue weighted by atomic mass is 16.5. The first-order chi connectivity index (χ1) is 9.19. The Hall–Kier alpha value is -2.49. The van der Waals surface area contributed by atoms with Crippen molar-refractivity contribution in [2.75, 3.05) is 0 Å². The van der Waals surface area contributed by atoms with Crippen LogP contribution in [0.4, 0.5) is 0 Å². The third-order valence-corrected chi connectivity index (χ3v) is 2.74. The first-order valence-corrected chi connectivity index (χ1v) is 5.89. The van der Waals surface area contributed by atoms with Gasteiger partial charge in [0.1, 0.15) is 18.1 Å². The molecular formula is C15H15NO3. The van der Waals surface area contributed by atoms with Gasteiger partial charge in [0.05, 0.1) is 5.71 Å². The largest absolute Gasteiger partial charge is 0.508 e. The van der Waals surface area contributed by atoms with Crippen LogP contribution in [-0.2, 0) is 6.61 Å². The Bertz CT molecular complexity index is 576. The molecule has 0 spiro atoms. The monoisotopic (exact) mass is 257 g/mol. The number of ether oxygens (including phenoxy) is 1. The summed E-state index contributed by atoms with van der Waals surface area (Å²) in [5.74, 6) is 0.948. The maximum Gasteiger partial charge on any atom is 0.119 e. The van der Waals surface area contributed by atoms with Crippen LogP contribution >= 0.6 is 0 Å². The molecular weight excluding hydrogens is 242 g/mol. The van der Waals surface area contributed by atoms with Gasteiger partial charge in [-0.3, -0.25) is 0 Å². The maximum absolute atomic E-state index is 9.34. The predicted octanol–water partition coefficient (Wildman–Crippen LogP) is 3.17. The first kappa shape index (κ1) is 13.0. The van der Waals surface area contributed by atoms with Crippen molar-refractivity contribution < 1.29 is 15.1 Å². The Morgan fingerprint density at radius 1 is 1.16 bits per heavy atom. The number of phenols is 1. The summed E-state index contributed by atoms with van der Waals surface area (Å²) in [4.78, 5) is 0. The molecule has 19 heavy (non-hydrogen) atoms. The maximum atomic E-state index is 9.34. The van der Waals surface area contributed by atoms with Crippen LogP contribution in [0.5, 0.6) is 11.5 Å². The van der Waals surface area contributed by atoms with E-state index in [2.05, 4.69) is 5.16 Å². The minimum absolute atomic E-state index is 0.228. The average Bonchev–Trinajstić information content (AvgIpc) is 2.45. The van der Waals surface area contributed by atoms with Gasteiger partial charge >= 0.3 is 0 Å². The van der Waals surface area contributed by atoms with Crippen LogP contribution < -0.4 is 4.74 Å². The van der Waals surface area contributed by atoms with E-state index in [1.54, 1.807) is 25.1 Å². The minimum atomic E-state index is 0.228. The van der Waals surface area contributed by atoms with Gasteiger partial charge in [-0.25, -0.2) is 0 Å². The fraction of sp³-hybridized carbons (Fsp3) is 0.133. The molecule has 0 aliphatic rings. The number of oxime groups is 1. The van der Waals surface area contributed by atoms with Crippen molar-refractivity contribution in [1.82, 2.24) is 0 Å². The minimum Gasteiger partial charge on any atom is -0.508 e. The van der Waals surface area contributed by atoms with Crippen LogP contribution in [0.25, 0.3) is 0 Å². The Morgan fingerprint density at radius 3 is 2.53 bits per heavy atom. The Kier molecular flexibility index (Phi) is 4.03. The Balaban J connectivity index is 2.00. The van der Waals surface area contributed by atoms with Gasteiger partial charge in [0.15, 0.2) is 0 Å². The molecule has 0 unspecified atom stereocenters. The fourth-order valence-electron chi connectivity index (χ4n) is 1.66. The zero-order valence-corrected chi connectivity index (χ0v) is 10.6. The van der Waals surface area contributed by atoms with Gasteiger partial charge < -0.3 is 15.1 Å². The van der Waals surface area contributed by atoms with Crippen LogP contribution in [0.1, 0.15) is 18.1 Å². The highest BCUT2D eigenvalue weighted by Crippen LogP contribution is 2.16. The molecule has 0 heterocycles. The Morgan fingerprint density at radius 2 is 1.89 bits per heavy atom. The molecule has 0 atom stereocenters.